The smallest absolute Gasteiger partial charge is 0.399 e. The van der Waals surface area contributed by atoms with E-state index in [4.69, 9.17) is 5.73 Å². The van der Waals surface area contributed by atoms with Crippen LogP contribution in [-0.4, -0.2) is 10.2 Å². The molecule has 29 heavy (non-hydrogen) atoms. The van der Waals surface area contributed by atoms with Crippen molar-refractivity contribution in [1.82, 2.24) is 10.2 Å². The Hall–Kier alpha value is -2.90. The third kappa shape index (κ3) is 5.34. The summed E-state index contributed by atoms with van der Waals surface area (Å²) in [4.78, 5) is 0. The number of aromatic nitrogens is 2. The number of halogens is 4. The fraction of sp³-hybridized carbons (Fsp3) is 0.333. The highest BCUT2D eigenvalue weighted by molar-refractivity contribution is 5.55. The average molecular weight is 408 g/mol. The van der Waals surface area contributed by atoms with E-state index in [-0.39, 0.29) is 17.8 Å². The lowest BCUT2D eigenvalue weighted by Gasteiger charge is -2.14. The first-order valence-electron chi connectivity index (χ1n) is 9.15. The lowest BCUT2D eigenvalue weighted by molar-refractivity contribution is -0.140. The fourth-order valence-electron chi connectivity index (χ4n) is 3.03. The standard InChI is InChI=1S/C21H24F4N4/c1-5-7-12(3)8-17-16(6-2)13(4)28-29-20(17)27-11-14-9-15(26)10-18(19(14)22)21(23,24)25/h6-10H,5,11,26H2,1-4H3,(H,27,29)/b12-7+,16-6-,17-8+. The lowest BCUT2D eigenvalue weighted by Crippen LogP contribution is -2.33. The van der Waals surface area contributed by atoms with Crippen molar-refractivity contribution in [2.24, 2.45) is 0 Å². The Kier molecular flexibility index (Phi) is 7.00. The van der Waals surface area contributed by atoms with E-state index < -0.39 is 17.6 Å². The summed E-state index contributed by atoms with van der Waals surface area (Å²) in [6.45, 7) is 7.40. The summed E-state index contributed by atoms with van der Waals surface area (Å²) in [6.07, 6.45) is 1.85. The summed E-state index contributed by atoms with van der Waals surface area (Å²) < 4.78 is 53.5. The van der Waals surface area contributed by atoms with Crippen molar-refractivity contribution in [2.45, 2.75) is 46.8 Å². The van der Waals surface area contributed by atoms with Crippen molar-refractivity contribution in [2.75, 3.05) is 11.1 Å². The van der Waals surface area contributed by atoms with E-state index >= 15 is 0 Å². The zero-order valence-electron chi connectivity index (χ0n) is 16.8. The molecule has 0 amide bonds. The lowest BCUT2D eigenvalue weighted by atomic mass is 10.1. The van der Waals surface area contributed by atoms with Crippen LogP contribution in [0.3, 0.4) is 0 Å². The highest BCUT2D eigenvalue weighted by atomic mass is 19.4. The van der Waals surface area contributed by atoms with Crippen LogP contribution in [0, 0.1) is 12.7 Å². The van der Waals surface area contributed by atoms with Gasteiger partial charge in [-0.2, -0.15) is 18.3 Å². The van der Waals surface area contributed by atoms with Crippen LogP contribution < -0.4 is 21.5 Å². The molecule has 3 N–H and O–H groups in total. The summed E-state index contributed by atoms with van der Waals surface area (Å²) in [6, 6.07) is 1.77. The van der Waals surface area contributed by atoms with Gasteiger partial charge >= 0.3 is 6.18 Å². The highest BCUT2D eigenvalue weighted by Crippen LogP contribution is 2.34. The minimum Gasteiger partial charge on any atom is -0.399 e. The Morgan fingerprint density at radius 2 is 1.90 bits per heavy atom. The van der Waals surface area contributed by atoms with Crippen LogP contribution in [0.25, 0.3) is 12.2 Å². The molecule has 0 atom stereocenters. The summed E-state index contributed by atoms with van der Waals surface area (Å²) in [5, 5.41) is 12.7. The molecule has 1 aromatic heterocycles. The minimum atomic E-state index is -4.83. The van der Waals surface area contributed by atoms with Crippen molar-refractivity contribution in [3.8, 4) is 0 Å². The van der Waals surface area contributed by atoms with E-state index in [2.05, 4.69) is 15.5 Å². The molecule has 0 radical (unpaired) electrons. The van der Waals surface area contributed by atoms with Crippen molar-refractivity contribution in [3.05, 3.63) is 56.9 Å². The quantitative estimate of drug-likeness (QED) is 0.578. The predicted octanol–water partition coefficient (Wildman–Crippen LogP) is 4.07. The van der Waals surface area contributed by atoms with Gasteiger partial charge in [0.1, 0.15) is 5.82 Å². The van der Waals surface area contributed by atoms with Gasteiger partial charge in [0, 0.05) is 28.2 Å². The molecule has 0 saturated carbocycles. The first-order chi connectivity index (χ1) is 13.6. The van der Waals surface area contributed by atoms with Gasteiger partial charge < -0.3 is 11.1 Å². The van der Waals surface area contributed by atoms with Gasteiger partial charge in [0.25, 0.3) is 0 Å². The Balaban J connectivity index is 2.53. The summed E-state index contributed by atoms with van der Waals surface area (Å²) in [7, 11) is 0. The molecule has 0 aliphatic heterocycles. The van der Waals surface area contributed by atoms with Gasteiger partial charge in [0.2, 0.25) is 0 Å². The monoisotopic (exact) mass is 408 g/mol. The SMILES string of the molecule is C/C=c1/c(C)nnc(NCc2cc(N)cc(C(F)(F)F)c2F)/c1=C/C(C)=C/CC. The molecule has 4 nitrogen and oxygen atoms in total. The molecule has 0 spiro atoms. The van der Waals surface area contributed by atoms with E-state index in [0.29, 0.717) is 17.6 Å². The topological polar surface area (TPSA) is 63.8 Å². The predicted molar refractivity (Wildman–Crippen MR) is 108 cm³/mol. The Labute approximate surface area is 166 Å². The zero-order valence-corrected chi connectivity index (χ0v) is 16.8. The molecule has 2 rings (SSSR count). The van der Waals surface area contributed by atoms with Gasteiger partial charge in [-0.1, -0.05) is 24.6 Å². The maximum atomic E-state index is 14.4. The number of nitrogens with zero attached hydrogens (tertiary/aromatic N) is 2. The molecule has 1 heterocycles. The van der Waals surface area contributed by atoms with Crippen molar-refractivity contribution >= 4 is 23.7 Å². The number of nitrogens with one attached hydrogen (secondary N) is 1. The van der Waals surface area contributed by atoms with Crippen LogP contribution in [0.1, 0.15) is 44.0 Å². The molecule has 1 aromatic carbocycles. The second kappa shape index (κ2) is 9.07. The van der Waals surface area contributed by atoms with Gasteiger partial charge in [0.15, 0.2) is 5.82 Å². The van der Waals surface area contributed by atoms with Gasteiger partial charge in [-0.25, -0.2) is 4.39 Å². The molecule has 0 fully saturated rings. The number of allylic oxidation sites excluding steroid dienone is 2. The second-order valence-electron chi connectivity index (χ2n) is 6.64. The van der Waals surface area contributed by atoms with Crippen LogP contribution in [0.5, 0.6) is 0 Å². The minimum absolute atomic E-state index is 0.165. The highest BCUT2D eigenvalue weighted by Gasteiger charge is 2.35. The largest absolute Gasteiger partial charge is 0.419 e. The molecule has 2 aromatic rings. The van der Waals surface area contributed by atoms with Gasteiger partial charge in [-0.3, -0.25) is 0 Å². The first kappa shape index (κ1) is 22.4. The number of hydrogen-bond acceptors (Lipinski definition) is 4. The number of nitrogens with two attached hydrogens (primary N) is 1. The van der Waals surface area contributed by atoms with E-state index in [9.17, 15) is 17.6 Å². The van der Waals surface area contributed by atoms with E-state index in [1.54, 1.807) is 0 Å². The van der Waals surface area contributed by atoms with E-state index in [1.807, 2.05) is 45.9 Å². The number of rotatable bonds is 5. The van der Waals surface area contributed by atoms with Gasteiger partial charge in [-0.15, -0.1) is 5.10 Å². The summed E-state index contributed by atoms with van der Waals surface area (Å²) >= 11 is 0. The normalized spacial score (nSPS) is 13.9. The van der Waals surface area contributed by atoms with Crippen molar-refractivity contribution < 1.29 is 17.6 Å². The molecule has 0 unspecified atom stereocenters. The number of alkyl halides is 3. The van der Waals surface area contributed by atoms with Crippen molar-refractivity contribution in [3.63, 3.8) is 0 Å². The van der Waals surface area contributed by atoms with Gasteiger partial charge in [-0.05, 0) is 45.4 Å². The second-order valence-corrected chi connectivity index (χ2v) is 6.64. The summed E-state index contributed by atoms with van der Waals surface area (Å²) in [5.41, 5.74) is 5.51. The molecule has 0 bridgehead atoms. The maximum absolute atomic E-state index is 14.4. The van der Waals surface area contributed by atoms with Gasteiger partial charge in [0.05, 0.1) is 11.3 Å². The van der Waals surface area contributed by atoms with Crippen LogP contribution in [0.15, 0.2) is 23.8 Å². The Bertz CT molecular complexity index is 1040. The number of benzene rings is 1. The van der Waals surface area contributed by atoms with Crippen LogP contribution in [0.2, 0.25) is 0 Å². The maximum Gasteiger partial charge on any atom is 0.419 e. The molecule has 0 aliphatic carbocycles. The van der Waals surface area contributed by atoms with Crippen molar-refractivity contribution in [1.29, 1.82) is 0 Å². The third-order valence-corrected chi connectivity index (χ3v) is 4.34. The number of aryl methyl sites for hydroxylation is 1. The zero-order chi connectivity index (χ0) is 21.8. The van der Waals surface area contributed by atoms with Crippen LogP contribution in [-0.2, 0) is 12.7 Å². The average Bonchev–Trinajstić information content (AvgIpc) is 2.63. The molecule has 156 valence electrons. The molecular weight excluding hydrogens is 384 g/mol. The van der Waals surface area contributed by atoms with E-state index in [0.717, 1.165) is 22.4 Å². The number of anilines is 2. The molecular formula is C21H24F4N4. The number of nitrogen functional groups attached to an aromatic ring is 1. The summed E-state index contributed by atoms with van der Waals surface area (Å²) in [5.74, 6) is -1.00. The Morgan fingerprint density at radius 3 is 2.48 bits per heavy atom. The first-order valence-corrected chi connectivity index (χ1v) is 9.15. The van der Waals surface area contributed by atoms with E-state index in [1.165, 1.54) is 6.07 Å². The fourth-order valence-corrected chi connectivity index (χ4v) is 3.03. The third-order valence-electron chi connectivity index (χ3n) is 4.34. The molecule has 8 heteroatoms. The number of hydrogen-bond donors (Lipinski definition) is 2. The molecule has 0 saturated heterocycles. The van der Waals surface area contributed by atoms with Crippen LogP contribution in [0.4, 0.5) is 29.1 Å². The molecule has 0 aliphatic rings. The van der Waals surface area contributed by atoms with Crippen LogP contribution >= 0.6 is 0 Å². The Morgan fingerprint density at radius 1 is 1.21 bits per heavy atom.